The molecule has 1 fully saturated rings. The maximum atomic E-state index is 12.6. The van der Waals surface area contributed by atoms with Gasteiger partial charge in [-0.15, -0.1) is 0 Å². The van der Waals surface area contributed by atoms with E-state index in [0.717, 1.165) is 45.2 Å². The lowest BCUT2D eigenvalue weighted by Gasteiger charge is -2.40. The van der Waals surface area contributed by atoms with Crippen molar-refractivity contribution in [2.45, 2.75) is 26.2 Å². The zero-order chi connectivity index (χ0) is 34.0. The molecule has 3 aromatic carbocycles. The molecule has 3 aromatic rings. The highest BCUT2D eigenvalue weighted by Crippen LogP contribution is 2.31. The average Bonchev–Trinajstić information content (AvgIpc) is 3.09. The van der Waals surface area contributed by atoms with Crippen LogP contribution in [0.4, 0.5) is 0 Å². The smallest absolute Gasteiger partial charge is 0.343 e. The fourth-order valence-corrected chi connectivity index (χ4v) is 4.43. The summed E-state index contributed by atoms with van der Waals surface area (Å²) < 4.78 is 43.5. The van der Waals surface area contributed by atoms with Crippen molar-refractivity contribution in [2.24, 2.45) is 5.41 Å². The Balaban J connectivity index is 1.10. The number of esters is 3. The molecule has 1 heterocycles. The molecule has 1 aliphatic rings. The van der Waals surface area contributed by atoms with Crippen LogP contribution in [0.5, 0.6) is 23.0 Å². The van der Waals surface area contributed by atoms with E-state index in [-0.39, 0.29) is 29.9 Å². The normalized spacial score (nSPS) is 13.1. The lowest BCUT2D eigenvalue weighted by Crippen LogP contribution is -2.45. The van der Waals surface area contributed by atoms with E-state index >= 15 is 0 Å². The highest BCUT2D eigenvalue weighted by Gasteiger charge is 2.36. The van der Waals surface area contributed by atoms with Gasteiger partial charge >= 0.3 is 17.9 Å². The van der Waals surface area contributed by atoms with Crippen LogP contribution in [0.1, 0.15) is 46.9 Å². The average molecular weight is 663 g/mol. The Kier molecular flexibility index (Phi) is 14.4. The first-order valence-electron chi connectivity index (χ1n) is 15.9. The minimum absolute atomic E-state index is 0.138. The number of rotatable bonds is 21. The molecule has 1 aliphatic heterocycles. The Labute approximate surface area is 280 Å². The van der Waals surface area contributed by atoms with Gasteiger partial charge < -0.3 is 37.9 Å². The van der Waals surface area contributed by atoms with Gasteiger partial charge in [0, 0.05) is 18.1 Å². The van der Waals surface area contributed by atoms with E-state index in [1.807, 2.05) is 0 Å². The SMILES string of the molecule is C=CC(=O)OCCOCCOc1ccc(OC(=O)c2ccc(OC(=O)c3ccc(OCCCCOCC4(CC)COC4)cc3)cc2)cc1. The van der Waals surface area contributed by atoms with Crippen LogP contribution in [0.15, 0.2) is 85.5 Å². The third kappa shape index (κ3) is 11.8. The molecule has 0 aromatic heterocycles. The van der Waals surface area contributed by atoms with Crippen LogP contribution in [0.25, 0.3) is 0 Å². The second kappa shape index (κ2) is 19.2. The lowest BCUT2D eigenvalue weighted by atomic mass is 9.84. The molecule has 0 radical (unpaired) electrons. The topological polar surface area (TPSA) is 125 Å². The standard InChI is InChI=1S/C37H42O11/c1-3-34(38)46-24-22-41-21-23-45-31-15-17-33(18-16-31)48-36(40)29-9-13-32(14-10-29)47-35(39)28-7-11-30(12-8-28)44-20-6-5-19-42-25-37(4-2)26-43-27-37/h3,7-18H,1,4-6,19-27H2,2H3. The van der Waals surface area contributed by atoms with E-state index in [1.165, 1.54) is 24.3 Å². The van der Waals surface area contributed by atoms with E-state index in [2.05, 4.69) is 13.5 Å². The summed E-state index contributed by atoms with van der Waals surface area (Å²) in [5.74, 6) is 0.273. The van der Waals surface area contributed by atoms with Crippen LogP contribution in [-0.2, 0) is 23.7 Å². The van der Waals surface area contributed by atoms with Gasteiger partial charge in [-0.2, -0.15) is 0 Å². The van der Waals surface area contributed by atoms with Crippen molar-refractivity contribution in [3.8, 4) is 23.0 Å². The zero-order valence-electron chi connectivity index (χ0n) is 27.2. The van der Waals surface area contributed by atoms with E-state index in [4.69, 9.17) is 37.9 Å². The summed E-state index contributed by atoms with van der Waals surface area (Å²) in [6.07, 6.45) is 3.93. The lowest BCUT2D eigenvalue weighted by molar-refractivity contribution is -0.150. The molecule has 0 atom stereocenters. The molecule has 11 nitrogen and oxygen atoms in total. The first kappa shape index (κ1) is 36.1. The van der Waals surface area contributed by atoms with Gasteiger partial charge in [0.15, 0.2) is 0 Å². The van der Waals surface area contributed by atoms with Gasteiger partial charge in [-0.05, 0) is 92.1 Å². The maximum absolute atomic E-state index is 12.6. The number of hydrogen-bond acceptors (Lipinski definition) is 11. The van der Waals surface area contributed by atoms with Gasteiger partial charge in [0.05, 0.1) is 50.8 Å². The zero-order valence-corrected chi connectivity index (χ0v) is 27.2. The minimum atomic E-state index is -0.566. The highest BCUT2D eigenvalue weighted by atomic mass is 16.6. The second-order valence-corrected chi connectivity index (χ2v) is 11.1. The van der Waals surface area contributed by atoms with Crippen LogP contribution < -0.4 is 18.9 Å². The summed E-state index contributed by atoms with van der Waals surface area (Å²) in [6.45, 7) is 10.0. The van der Waals surface area contributed by atoms with Crippen molar-refractivity contribution < 1.29 is 52.3 Å². The molecule has 48 heavy (non-hydrogen) atoms. The second-order valence-electron chi connectivity index (χ2n) is 11.1. The van der Waals surface area contributed by atoms with Gasteiger partial charge in [0.2, 0.25) is 0 Å². The third-order valence-corrected chi connectivity index (χ3v) is 7.49. The van der Waals surface area contributed by atoms with Crippen molar-refractivity contribution in [3.63, 3.8) is 0 Å². The molecular weight excluding hydrogens is 620 g/mol. The number of ether oxygens (including phenoxy) is 8. The molecule has 0 bridgehead atoms. The molecular formula is C37H42O11. The Morgan fingerprint density at radius 2 is 1.17 bits per heavy atom. The van der Waals surface area contributed by atoms with Crippen LogP contribution in [0.3, 0.4) is 0 Å². The fourth-order valence-electron chi connectivity index (χ4n) is 4.43. The van der Waals surface area contributed by atoms with Crippen molar-refractivity contribution in [1.82, 2.24) is 0 Å². The van der Waals surface area contributed by atoms with Gasteiger partial charge in [-0.25, -0.2) is 14.4 Å². The van der Waals surface area contributed by atoms with Gasteiger partial charge in [-0.1, -0.05) is 13.5 Å². The molecule has 4 rings (SSSR count). The van der Waals surface area contributed by atoms with E-state index in [0.29, 0.717) is 49.2 Å². The van der Waals surface area contributed by atoms with Crippen LogP contribution in [-0.4, -0.2) is 77.4 Å². The summed E-state index contributed by atoms with van der Waals surface area (Å²) in [5.41, 5.74) is 0.864. The predicted molar refractivity (Wildman–Crippen MR) is 176 cm³/mol. The maximum Gasteiger partial charge on any atom is 0.343 e. The van der Waals surface area contributed by atoms with Crippen molar-refractivity contribution in [1.29, 1.82) is 0 Å². The summed E-state index contributed by atoms with van der Waals surface area (Å²) >= 11 is 0. The molecule has 11 heteroatoms. The Hall–Kier alpha value is -4.71. The molecule has 0 unspecified atom stereocenters. The quantitative estimate of drug-likeness (QED) is 0.0590. The summed E-state index contributed by atoms with van der Waals surface area (Å²) in [5, 5.41) is 0. The monoisotopic (exact) mass is 662 g/mol. The Bertz CT molecular complexity index is 1440. The molecule has 0 aliphatic carbocycles. The molecule has 1 saturated heterocycles. The first-order valence-corrected chi connectivity index (χ1v) is 15.9. The summed E-state index contributed by atoms with van der Waals surface area (Å²) in [4.78, 5) is 36.2. The van der Waals surface area contributed by atoms with Gasteiger partial charge in [0.25, 0.3) is 0 Å². The predicted octanol–water partition coefficient (Wildman–Crippen LogP) is 5.85. The summed E-state index contributed by atoms with van der Waals surface area (Å²) in [7, 11) is 0. The minimum Gasteiger partial charge on any atom is -0.494 e. The number of carbonyl (C=O) groups excluding carboxylic acids is 3. The summed E-state index contributed by atoms with van der Waals surface area (Å²) in [6, 6.07) is 19.4. The number of hydrogen-bond donors (Lipinski definition) is 0. The van der Waals surface area contributed by atoms with Crippen LogP contribution >= 0.6 is 0 Å². The number of unbranched alkanes of at least 4 members (excludes halogenated alkanes) is 1. The van der Waals surface area contributed by atoms with Crippen molar-refractivity contribution in [3.05, 3.63) is 96.6 Å². The molecule has 256 valence electrons. The van der Waals surface area contributed by atoms with E-state index in [9.17, 15) is 14.4 Å². The number of benzene rings is 3. The molecule has 0 spiro atoms. The van der Waals surface area contributed by atoms with E-state index in [1.54, 1.807) is 48.5 Å². The fraction of sp³-hybridized carbons (Fsp3) is 0.378. The molecule has 0 saturated carbocycles. The van der Waals surface area contributed by atoms with Crippen molar-refractivity contribution in [2.75, 3.05) is 59.5 Å². The third-order valence-electron chi connectivity index (χ3n) is 7.49. The largest absolute Gasteiger partial charge is 0.494 e. The van der Waals surface area contributed by atoms with Gasteiger partial charge in [-0.3, -0.25) is 0 Å². The highest BCUT2D eigenvalue weighted by molar-refractivity contribution is 5.92. The van der Waals surface area contributed by atoms with Crippen molar-refractivity contribution >= 4 is 17.9 Å². The first-order chi connectivity index (χ1) is 23.4. The molecule has 0 amide bonds. The molecule has 0 N–H and O–H groups in total. The van der Waals surface area contributed by atoms with E-state index < -0.39 is 17.9 Å². The van der Waals surface area contributed by atoms with Crippen LogP contribution in [0.2, 0.25) is 0 Å². The van der Waals surface area contributed by atoms with Gasteiger partial charge in [0.1, 0.15) is 36.2 Å². The Morgan fingerprint density at radius 1 is 0.667 bits per heavy atom. The number of carbonyl (C=O) groups is 3. The Morgan fingerprint density at radius 3 is 1.71 bits per heavy atom. The van der Waals surface area contributed by atoms with Crippen LogP contribution in [0, 0.1) is 5.41 Å².